The van der Waals surface area contributed by atoms with Gasteiger partial charge in [0.05, 0.1) is 33.0 Å². The van der Waals surface area contributed by atoms with Crippen molar-refractivity contribution in [2.75, 3.05) is 74.7 Å². The molecule has 0 spiro atoms. The van der Waals surface area contributed by atoms with Crippen LogP contribution in [0.15, 0.2) is 54.6 Å². The normalized spacial score (nSPS) is 15.8. The third-order valence-electron chi connectivity index (χ3n) is 6.43. The number of amides is 2. The minimum Gasteiger partial charge on any atom is -0.488 e. The number of carbonyl (C=O) groups is 1. The lowest BCUT2D eigenvalue weighted by Gasteiger charge is -2.31. The highest BCUT2D eigenvalue weighted by Crippen LogP contribution is 2.34. The molecule has 0 unspecified atom stereocenters. The highest BCUT2D eigenvalue weighted by atomic mass is 35.5. The van der Waals surface area contributed by atoms with Crippen molar-refractivity contribution in [3.05, 3.63) is 60.3 Å². The van der Waals surface area contributed by atoms with E-state index in [2.05, 4.69) is 20.4 Å². The molecule has 0 aliphatic carbocycles. The van der Waals surface area contributed by atoms with Crippen molar-refractivity contribution < 1.29 is 19.0 Å². The molecule has 2 fully saturated rings. The molecule has 2 aliphatic rings. The number of para-hydroxylation sites is 1. The molecule has 2 aromatic carbocycles. The maximum Gasteiger partial charge on any atom is 0.323 e. The number of anilines is 3. The molecule has 5 rings (SSSR count). The fourth-order valence-corrected chi connectivity index (χ4v) is 4.49. The molecule has 10 nitrogen and oxygen atoms in total. The Kier molecular flexibility index (Phi) is 10.3. The summed E-state index contributed by atoms with van der Waals surface area (Å²) in [7, 11) is 0. The van der Waals surface area contributed by atoms with Crippen LogP contribution in [0.1, 0.15) is 12.6 Å². The smallest absolute Gasteiger partial charge is 0.323 e. The molecule has 11 heteroatoms. The first-order chi connectivity index (χ1) is 18.7. The average molecular weight is 555 g/mol. The fourth-order valence-electron chi connectivity index (χ4n) is 4.49. The molecule has 39 heavy (non-hydrogen) atoms. The number of hydrogen-bond acceptors (Lipinski definition) is 8. The van der Waals surface area contributed by atoms with E-state index in [0.717, 1.165) is 54.7 Å². The van der Waals surface area contributed by atoms with Gasteiger partial charge >= 0.3 is 6.03 Å². The van der Waals surface area contributed by atoms with Crippen molar-refractivity contribution in [2.24, 2.45) is 0 Å². The van der Waals surface area contributed by atoms with E-state index in [-0.39, 0.29) is 18.4 Å². The number of rotatable bonds is 8. The summed E-state index contributed by atoms with van der Waals surface area (Å²) in [6.07, 6.45) is 0. The number of benzene rings is 2. The molecule has 3 heterocycles. The summed E-state index contributed by atoms with van der Waals surface area (Å²) in [6.45, 7) is 9.08. The van der Waals surface area contributed by atoms with E-state index in [0.29, 0.717) is 51.1 Å². The number of halogens is 1. The molecule has 1 aromatic heterocycles. The monoisotopic (exact) mass is 554 g/mol. The molecule has 3 aromatic rings. The van der Waals surface area contributed by atoms with Crippen molar-refractivity contribution in [3.8, 4) is 17.1 Å². The predicted molar refractivity (Wildman–Crippen MR) is 154 cm³/mol. The second-order valence-corrected chi connectivity index (χ2v) is 9.09. The molecular weight excluding hydrogens is 520 g/mol. The maximum atomic E-state index is 12.4. The van der Waals surface area contributed by atoms with Gasteiger partial charge in [0.1, 0.15) is 5.69 Å². The van der Waals surface area contributed by atoms with Crippen LogP contribution >= 0.6 is 12.4 Å². The molecule has 0 atom stereocenters. The number of carbonyl (C=O) groups excluding carboxylic acids is 1. The number of morpholine rings is 2. The van der Waals surface area contributed by atoms with E-state index in [1.807, 2.05) is 61.5 Å². The average Bonchev–Trinajstić information content (AvgIpc) is 2.96. The summed E-state index contributed by atoms with van der Waals surface area (Å²) in [6, 6.07) is 16.6. The summed E-state index contributed by atoms with van der Waals surface area (Å²) in [5.41, 5.74) is 3.13. The summed E-state index contributed by atoms with van der Waals surface area (Å²) in [4.78, 5) is 26.9. The van der Waals surface area contributed by atoms with Crippen LogP contribution in [0.5, 0.6) is 5.75 Å². The van der Waals surface area contributed by atoms with Gasteiger partial charge in [0.2, 0.25) is 0 Å². The van der Waals surface area contributed by atoms with Crippen LogP contribution < -0.4 is 20.3 Å². The lowest BCUT2D eigenvalue weighted by atomic mass is 10.1. The fraction of sp³-hybridized carbons (Fsp3) is 0.393. The zero-order valence-corrected chi connectivity index (χ0v) is 22.9. The number of nitrogens with one attached hydrogen (secondary N) is 2. The van der Waals surface area contributed by atoms with Gasteiger partial charge in [-0.3, -0.25) is 4.90 Å². The van der Waals surface area contributed by atoms with Crippen LogP contribution in [0.2, 0.25) is 0 Å². The van der Waals surface area contributed by atoms with Crippen LogP contribution in [0, 0.1) is 0 Å². The number of aromatic nitrogens is 2. The van der Waals surface area contributed by atoms with Crippen LogP contribution in [0.4, 0.5) is 22.0 Å². The van der Waals surface area contributed by atoms with Crippen molar-refractivity contribution in [1.29, 1.82) is 0 Å². The zero-order valence-electron chi connectivity index (χ0n) is 22.1. The van der Waals surface area contributed by atoms with Crippen LogP contribution in [0.3, 0.4) is 0 Å². The third-order valence-corrected chi connectivity index (χ3v) is 6.43. The van der Waals surface area contributed by atoms with Gasteiger partial charge in [0, 0.05) is 49.7 Å². The van der Waals surface area contributed by atoms with E-state index in [1.165, 1.54) is 0 Å². The van der Waals surface area contributed by atoms with E-state index < -0.39 is 0 Å². The van der Waals surface area contributed by atoms with Gasteiger partial charge in [0.15, 0.2) is 17.4 Å². The minimum atomic E-state index is -0.302. The molecular formula is C28H35ClN6O4. The predicted octanol–water partition coefficient (Wildman–Crippen LogP) is 4.28. The first-order valence-corrected chi connectivity index (χ1v) is 13.1. The third kappa shape index (κ3) is 7.57. The number of urea groups is 1. The Balaban J connectivity index is 0.00000353. The molecule has 0 bridgehead atoms. The quantitative estimate of drug-likeness (QED) is 0.425. The Morgan fingerprint density at radius 2 is 1.49 bits per heavy atom. The summed E-state index contributed by atoms with van der Waals surface area (Å²) in [5.74, 6) is 2.16. The topological polar surface area (TPSA) is 101 Å². The molecule has 208 valence electrons. The van der Waals surface area contributed by atoms with Crippen LogP contribution in [0.25, 0.3) is 11.4 Å². The van der Waals surface area contributed by atoms with E-state index >= 15 is 0 Å². The van der Waals surface area contributed by atoms with Crippen molar-refractivity contribution in [1.82, 2.24) is 14.9 Å². The molecule has 0 radical (unpaired) electrons. The van der Waals surface area contributed by atoms with Crippen LogP contribution in [-0.2, 0) is 16.0 Å². The SMILES string of the molecule is CCOc1c(CN2CCOCC2)nc(-c2ccc(NC(=O)Nc3ccccc3)cc2)nc1N1CCOCC1.Cl. The van der Waals surface area contributed by atoms with Gasteiger partial charge in [-0.2, -0.15) is 0 Å². The second kappa shape index (κ2) is 14.1. The van der Waals surface area contributed by atoms with Gasteiger partial charge in [-0.05, 0) is 43.3 Å². The highest BCUT2D eigenvalue weighted by molar-refractivity contribution is 5.99. The molecule has 2 aliphatic heterocycles. The standard InChI is InChI=1S/C28H34N6O4.ClH/c1-2-38-25-24(20-33-12-16-36-17-13-33)31-26(32-27(25)34-14-18-37-19-15-34)21-8-10-23(11-9-21)30-28(35)29-22-6-4-3-5-7-22;/h3-11H,2,12-20H2,1H3,(H2,29,30,35);1H. The molecule has 2 saturated heterocycles. The van der Waals surface area contributed by atoms with Gasteiger partial charge < -0.3 is 29.7 Å². The summed E-state index contributed by atoms with van der Waals surface area (Å²) < 4.78 is 17.3. The Morgan fingerprint density at radius 3 is 2.13 bits per heavy atom. The Labute approximate surface area is 235 Å². The second-order valence-electron chi connectivity index (χ2n) is 9.09. The van der Waals surface area contributed by atoms with Gasteiger partial charge in [-0.1, -0.05) is 18.2 Å². The number of nitrogens with zero attached hydrogens (tertiary/aromatic N) is 4. The first kappa shape index (κ1) is 28.6. The first-order valence-electron chi connectivity index (χ1n) is 13.1. The molecule has 0 saturated carbocycles. The van der Waals surface area contributed by atoms with Gasteiger partial charge in [-0.15, -0.1) is 12.4 Å². The molecule has 2 amide bonds. The zero-order chi connectivity index (χ0) is 26.2. The molecule has 2 N–H and O–H groups in total. The number of ether oxygens (including phenoxy) is 3. The largest absolute Gasteiger partial charge is 0.488 e. The van der Waals surface area contributed by atoms with Crippen molar-refractivity contribution in [3.63, 3.8) is 0 Å². The Morgan fingerprint density at radius 1 is 0.872 bits per heavy atom. The Hall–Kier alpha value is -3.44. The van der Waals surface area contributed by atoms with E-state index in [4.69, 9.17) is 24.2 Å². The lowest BCUT2D eigenvalue weighted by molar-refractivity contribution is 0.0332. The lowest BCUT2D eigenvalue weighted by Crippen LogP contribution is -2.38. The van der Waals surface area contributed by atoms with Gasteiger partial charge in [0.25, 0.3) is 0 Å². The highest BCUT2D eigenvalue weighted by Gasteiger charge is 2.25. The van der Waals surface area contributed by atoms with E-state index in [1.54, 1.807) is 0 Å². The van der Waals surface area contributed by atoms with Gasteiger partial charge in [-0.25, -0.2) is 14.8 Å². The van der Waals surface area contributed by atoms with Crippen molar-refractivity contribution >= 4 is 35.6 Å². The van der Waals surface area contributed by atoms with Crippen LogP contribution in [-0.4, -0.2) is 80.1 Å². The van der Waals surface area contributed by atoms with Crippen molar-refractivity contribution in [2.45, 2.75) is 13.5 Å². The van der Waals surface area contributed by atoms with E-state index in [9.17, 15) is 4.79 Å². The minimum absolute atomic E-state index is 0. The Bertz CT molecular complexity index is 1200. The number of hydrogen-bond donors (Lipinski definition) is 2. The summed E-state index contributed by atoms with van der Waals surface area (Å²) >= 11 is 0. The summed E-state index contributed by atoms with van der Waals surface area (Å²) in [5, 5.41) is 5.70. The maximum absolute atomic E-state index is 12.4.